The zero-order chi connectivity index (χ0) is 11.9. The first-order valence-corrected chi connectivity index (χ1v) is 6.97. The summed E-state index contributed by atoms with van der Waals surface area (Å²) in [4.78, 5) is 0. The summed E-state index contributed by atoms with van der Waals surface area (Å²) >= 11 is 0. The van der Waals surface area contributed by atoms with Gasteiger partial charge in [0.05, 0.1) is 5.69 Å². The van der Waals surface area contributed by atoms with Gasteiger partial charge in [-0.25, -0.2) is 0 Å². The highest BCUT2D eigenvalue weighted by molar-refractivity contribution is 5.14. The third kappa shape index (κ3) is 2.54. The fourth-order valence-corrected chi connectivity index (χ4v) is 2.64. The molecular weight excluding hydrogens is 210 g/mol. The maximum absolute atomic E-state index is 4.54. The molecular formula is C14H23N3. The van der Waals surface area contributed by atoms with E-state index in [2.05, 4.69) is 35.0 Å². The first-order valence-electron chi connectivity index (χ1n) is 6.97. The Kier molecular flexibility index (Phi) is 2.74. The highest BCUT2D eigenvalue weighted by atomic mass is 15.3. The summed E-state index contributed by atoms with van der Waals surface area (Å²) in [6, 6.07) is 3.10. The fourth-order valence-electron chi connectivity index (χ4n) is 2.64. The first-order chi connectivity index (χ1) is 8.21. The molecule has 0 saturated heterocycles. The van der Waals surface area contributed by atoms with Gasteiger partial charge < -0.3 is 5.32 Å². The molecule has 2 aliphatic carbocycles. The first kappa shape index (κ1) is 11.3. The molecule has 1 heterocycles. The van der Waals surface area contributed by atoms with E-state index >= 15 is 0 Å². The molecule has 1 aromatic rings. The van der Waals surface area contributed by atoms with Crippen molar-refractivity contribution in [1.82, 2.24) is 15.1 Å². The lowest BCUT2D eigenvalue weighted by molar-refractivity contribution is 0.435. The minimum absolute atomic E-state index is 0.558. The van der Waals surface area contributed by atoms with E-state index in [-0.39, 0.29) is 0 Å². The monoisotopic (exact) mass is 233 g/mol. The third-order valence-corrected chi connectivity index (χ3v) is 4.14. The Morgan fingerprint density at radius 2 is 2.24 bits per heavy atom. The molecule has 3 nitrogen and oxygen atoms in total. The average molecular weight is 233 g/mol. The van der Waals surface area contributed by atoms with Crippen molar-refractivity contribution in [2.75, 3.05) is 6.54 Å². The van der Waals surface area contributed by atoms with Gasteiger partial charge in [-0.2, -0.15) is 5.10 Å². The van der Waals surface area contributed by atoms with Gasteiger partial charge in [0, 0.05) is 24.8 Å². The third-order valence-electron chi connectivity index (χ3n) is 4.14. The van der Waals surface area contributed by atoms with Crippen LogP contribution in [0.15, 0.2) is 6.07 Å². The minimum Gasteiger partial charge on any atom is -0.313 e. The lowest BCUT2D eigenvalue weighted by Crippen LogP contribution is -2.27. The Bertz CT molecular complexity index is 400. The number of rotatable bonds is 6. The van der Waals surface area contributed by atoms with Gasteiger partial charge in [-0.05, 0) is 57.4 Å². The molecule has 0 aromatic carbocycles. The van der Waals surface area contributed by atoms with E-state index in [1.54, 1.807) is 0 Å². The molecule has 1 aromatic heterocycles. The molecule has 0 atom stereocenters. The number of hydrogen-bond donors (Lipinski definition) is 1. The van der Waals surface area contributed by atoms with Crippen molar-refractivity contribution in [2.24, 2.45) is 5.41 Å². The molecule has 0 radical (unpaired) electrons. The van der Waals surface area contributed by atoms with Gasteiger partial charge in [-0.1, -0.05) is 0 Å². The largest absolute Gasteiger partial charge is 0.313 e. The van der Waals surface area contributed by atoms with Crippen LogP contribution in [0.2, 0.25) is 0 Å². The summed E-state index contributed by atoms with van der Waals surface area (Å²) in [5.41, 5.74) is 3.15. The van der Waals surface area contributed by atoms with Crippen LogP contribution in [0, 0.1) is 12.3 Å². The summed E-state index contributed by atoms with van der Waals surface area (Å²) < 4.78 is 2.17. The molecule has 0 bridgehead atoms. The van der Waals surface area contributed by atoms with Crippen molar-refractivity contribution < 1.29 is 0 Å². The lowest BCUT2D eigenvalue weighted by atomic mass is 10.00. The molecule has 1 N–H and O–H groups in total. The van der Waals surface area contributed by atoms with Crippen LogP contribution in [-0.2, 0) is 13.0 Å². The topological polar surface area (TPSA) is 29.9 Å². The Hall–Kier alpha value is -0.830. The molecule has 0 spiro atoms. The Morgan fingerprint density at radius 3 is 2.82 bits per heavy atom. The second-order valence-electron chi connectivity index (χ2n) is 5.92. The molecule has 2 aliphatic rings. The molecule has 0 unspecified atom stereocenters. The summed E-state index contributed by atoms with van der Waals surface area (Å²) in [5, 5.41) is 8.24. The van der Waals surface area contributed by atoms with Crippen LogP contribution in [0.5, 0.6) is 0 Å². The van der Waals surface area contributed by atoms with Crippen LogP contribution < -0.4 is 5.32 Å². The number of nitrogens with one attached hydrogen (secondary N) is 1. The van der Waals surface area contributed by atoms with Crippen LogP contribution in [0.4, 0.5) is 0 Å². The van der Waals surface area contributed by atoms with Gasteiger partial charge >= 0.3 is 0 Å². The highest BCUT2D eigenvalue weighted by Gasteiger charge is 2.43. The summed E-state index contributed by atoms with van der Waals surface area (Å²) in [6.45, 7) is 6.48. The van der Waals surface area contributed by atoms with Gasteiger partial charge in [-0.3, -0.25) is 4.68 Å². The highest BCUT2D eigenvalue weighted by Crippen LogP contribution is 2.48. The maximum atomic E-state index is 4.54. The molecule has 0 aliphatic heterocycles. The average Bonchev–Trinajstić information content (AvgIpc) is 3.18. The predicted octanol–water partition coefficient (Wildman–Crippen LogP) is 2.29. The van der Waals surface area contributed by atoms with Gasteiger partial charge in [0.15, 0.2) is 0 Å². The second kappa shape index (κ2) is 4.13. The Morgan fingerprint density at radius 1 is 1.47 bits per heavy atom. The molecule has 3 rings (SSSR count). The summed E-state index contributed by atoms with van der Waals surface area (Å²) in [6.07, 6.45) is 6.77. The molecule has 2 fully saturated rings. The normalized spacial score (nSPS) is 21.8. The standard InChI is InChI=1S/C14H23N3/c1-3-17-13(8-11(2)16-17)9-14(6-7-14)10-15-12-4-5-12/h8,12,15H,3-7,9-10H2,1-2H3. The van der Waals surface area contributed by atoms with Crippen LogP contribution >= 0.6 is 0 Å². The number of aryl methyl sites for hydroxylation is 2. The molecule has 2 saturated carbocycles. The van der Waals surface area contributed by atoms with Crippen LogP contribution in [0.25, 0.3) is 0 Å². The zero-order valence-corrected chi connectivity index (χ0v) is 11.0. The number of nitrogens with zero attached hydrogens (tertiary/aromatic N) is 2. The van der Waals surface area contributed by atoms with Crippen molar-refractivity contribution in [3.63, 3.8) is 0 Å². The number of hydrogen-bond acceptors (Lipinski definition) is 2. The Labute approximate surface area is 104 Å². The maximum Gasteiger partial charge on any atom is 0.0596 e. The van der Waals surface area contributed by atoms with Crippen LogP contribution in [0.3, 0.4) is 0 Å². The van der Waals surface area contributed by atoms with E-state index in [0.717, 1.165) is 18.3 Å². The number of aromatic nitrogens is 2. The van der Waals surface area contributed by atoms with Crippen molar-refractivity contribution in [3.05, 3.63) is 17.5 Å². The SMILES string of the molecule is CCn1nc(C)cc1CC1(CNC2CC2)CC1. The summed E-state index contributed by atoms with van der Waals surface area (Å²) in [7, 11) is 0. The van der Waals surface area contributed by atoms with E-state index in [1.165, 1.54) is 44.3 Å². The predicted molar refractivity (Wildman–Crippen MR) is 69.0 cm³/mol. The van der Waals surface area contributed by atoms with Crippen molar-refractivity contribution >= 4 is 0 Å². The van der Waals surface area contributed by atoms with E-state index < -0.39 is 0 Å². The molecule has 17 heavy (non-hydrogen) atoms. The summed E-state index contributed by atoms with van der Waals surface area (Å²) in [5.74, 6) is 0. The van der Waals surface area contributed by atoms with E-state index in [0.29, 0.717) is 5.41 Å². The van der Waals surface area contributed by atoms with Gasteiger partial charge in [0.2, 0.25) is 0 Å². The molecule has 3 heteroatoms. The Balaban J connectivity index is 1.64. The van der Waals surface area contributed by atoms with Crippen molar-refractivity contribution in [3.8, 4) is 0 Å². The van der Waals surface area contributed by atoms with Gasteiger partial charge in [-0.15, -0.1) is 0 Å². The smallest absolute Gasteiger partial charge is 0.0596 e. The lowest BCUT2D eigenvalue weighted by Gasteiger charge is -2.16. The molecule has 0 amide bonds. The van der Waals surface area contributed by atoms with Gasteiger partial charge in [0.1, 0.15) is 0 Å². The van der Waals surface area contributed by atoms with Crippen molar-refractivity contribution in [1.29, 1.82) is 0 Å². The quantitative estimate of drug-likeness (QED) is 0.817. The van der Waals surface area contributed by atoms with E-state index in [9.17, 15) is 0 Å². The molecule has 94 valence electrons. The van der Waals surface area contributed by atoms with E-state index in [4.69, 9.17) is 0 Å². The van der Waals surface area contributed by atoms with E-state index in [1.807, 2.05) is 0 Å². The van der Waals surface area contributed by atoms with Crippen LogP contribution in [0.1, 0.15) is 44.0 Å². The van der Waals surface area contributed by atoms with Crippen molar-refractivity contribution in [2.45, 2.75) is 58.5 Å². The van der Waals surface area contributed by atoms with Crippen LogP contribution in [-0.4, -0.2) is 22.4 Å². The van der Waals surface area contributed by atoms with Gasteiger partial charge in [0.25, 0.3) is 0 Å². The zero-order valence-electron chi connectivity index (χ0n) is 11.0. The minimum atomic E-state index is 0.558. The second-order valence-corrected chi connectivity index (χ2v) is 5.92. The fraction of sp³-hybridized carbons (Fsp3) is 0.786.